The van der Waals surface area contributed by atoms with Crippen LogP contribution < -0.4 is 0 Å². The van der Waals surface area contributed by atoms with Crippen LogP contribution in [0.15, 0.2) is 84.9 Å². The van der Waals surface area contributed by atoms with Crippen LogP contribution >= 0.6 is 0 Å². The smallest absolute Gasteiger partial charge is 0.211 e. The van der Waals surface area contributed by atoms with Crippen LogP contribution in [-0.2, 0) is 6.18 Å². The number of halogens is 3. The first kappa shape index (κ1) is 23.5. The number of alkyl halides is 3. The Morgan fingerprint density at radius 3 is 1.56 bits per heavy atom. The predicted molar refractivity (Wildman–Crippen MR) is 135 cm³/mol. The van der Waals surface area contributed by atoms with Crippen LogP contribution in [0.25, 0.3) is 39.7 Å². The summed E-state index contributed by atoms with van der Waals surface area (Å²) in [6.07, 6.45) is -4.64. The molecular weight excluding hydrogens is 461 g/mol. The molecule has 36 heavy (non-hydrogen) atoms. The largest absolute Gasteiger partial charge is 0.433 e. The van der Waals surface area contributed by atoms with E-state index in [4.69, 9.17) is 0 Å². The maximum absolute atomic E-state index is 13.9. The first-order chi connectivity index (χ1) is 17.2. The molecule has 0 amide bonds. The molecule has 3 aromatic carbocycles. The van der Waals surface area contributed by atoms with Crippen LogP contribution in [0.5, 0.6) is 0 Å². The van der Waals surface area contributed by atoms with E-state index in [1.54, 1.807) is 12.1 Å². The fraction of sp³-hybridized carbons (Fsp3) is 0.138. The third-order valence-corrected chi connectivity index (χ3v) is 5.95. The summed E-state index contributed by atoms with van der Waals surface area (Å²) < 4.78 is 43.1. The van der Waals surface area contributed by atoms with Gasteiger partial charge in [0.15, 0.2) is 5.69 Å². The van der Waals surface area contributed by atoms with Crippen molar-refractivity contribution < 1.29 is 13.2 Å². The van der Waals surface area contributed by atoms with Crippen LogP contribution in [0, 0.1) is 20.8 Å². The molecule has 0 fully saturated rings. The molecule has 0 aliphatic rings. The first-order valence-electron chi connectivity index (χ1n) is 11.5. The summed E-state index contributed by atoms with van der Waals surface area (Å²) >= 11 is 0. The Morgan fingerprint density at radius 2 is 1.06 bits per heavy atom. The minimum Gasteiger partial charge on any atom is -0.211 e. The van der Waals surface area contributed by atoms with Gasteiger partial charge >= 0.3 is 6.18 Å². The number of aryl methyl sites for hydroxylation is 3. The second-order valence-corrected chi connectivity index (χ2v) is 8.86. The van der Waals surface area contributed by atoms with Gasteiger partial charge in [0.25, 0.3) is 5.95 Å². The molecule has 0 unspecified atom stereocenters. The minimum atomic E-state index is -4.64. The Labute approximate surface area is 207 Å². The number of benzene rings is 3. The number of nitrogens with zero attached hydrogens (tertiary/aromatic N) is 4. The van der Waals surface area contributed by atoms with Gasteiger partial charge in [-0.15, -0.1) is 0 Å². The molecule has 0 saturated carbocycles. The summed E-state index contributed by atoms with van der Waals surface area (Å²) in [6, 6.07) is 25.5. The molecule has 2 heterocycles. The van der Waals surface area contributed by atoms with E-state index < -0.39 is 11.9 Å². The fourth-order valence-corrected chi connectivity index (χ4v) is 3.88. The average Bonchev–Trinajstić information content (AvgIpc) is 3.30. The van der Waals surface area contributed by atoms with E-state index in [1.165, 1.54) is 4.68 Å². The fourth-order valence-electron chi connectivity index (χ4n) is 3.88. The van der Waals surface area contributed by atoms with Crippen LogP contribution in [0.1, 0.15) is 22.4 Å². The van der Waals surface area contributed by atoms with Crippen molar-refractivity contribution in [2.75, 3.05) is 0 Å². The molecule has 0 bridgehead atoms. The molecule has 0 radical (unpaired) electrons. The predicted octanol–water partition coefficient (Wildman–Crippen LogP) is 7.61. The highest BCUT2D eigenvalue weighted by Gasteiger charge is 2.34. The van der Waals surface area contributed by atoms with Crippen molar-refractivity contribution in [3.05, 3.63) is 107 Å². The lowest BCUT2D eigenvalue weighted by molar-refractivity contribution is -0.141. The molecule has 0 saturated heterocycles. The van der Waals surface area contributed by atoms with Gasteiger partial charge in [0.2, 0.25) is 0 Å². The zero-order valence-corrected chi connectivity index (χ0v) is 20.0. The van der Waals surface area contributed by atoms with E-state index >= 15 is 0 Å². The number of aromatic nitrogens is 4. The van der Waals surface area contributed by atoms with Crippen LogP contribution in [-0.4, -0.2) is 19.7 Å². The topological polar surface area (TPSA) is 43.6 Å². The number of hydrogen-bond donors (Lipinski definition) is 0. The summed E-state index contributed by atoms with van der Waals surface area (Å²) in [5.74, 6) is -0.144. The van der Waals surface area contributed by atoms with E-state index in [0.717, 1.165) is 33.9 Å². The maximum Gasteiger partial charge on any atom is 0.433 e. The van der Waals surface area contributed by atoms with Gasteiger partial charge in [-0.2, -0.15) is 23.0 Å². The lowest BCUT2D eigenvalue weighted by Gasteiger charge is -2.12. The molecule has 0 atom stereocenters. The first-order valence-corrected chi connectivity index (χ1v) is 11.5. The monoisotopic (exact) mass is 484 g/mol. The third-order valence-electron chi connectivity index (χ3n) is 5.95. The SMILES string of the molecule is Cc1ccc(-c2cc(C(F)(F)F)nc(-n3nc(-c4ccc(C)cc4)cc3-c3ccc(C)cc3)n2)cc1. The van der Waals surface area contributed by atoms with Gasteiger partial charge in [-0.25, -0.2) is 9.97 Å². The van der Waals surface area contributed by atoms with Crippen LogP contribution in [0.4, 0.5) is 13.2 Å². The van der Waals surface area contributed by atoms with Gasteiger partial charge in [0.1, 0.15) is 0 Å². The van der Waals surface area contributed by atoms with Gasteiger partial charge in [0.05, 0.1) is 17.1 Å². The molecule has 0 aliphatic carbocycles. The quantitative estimate of drug-likeness (QED) is 0.264. The van der Waals surface area contributed by atoms with Crippen molar-refractivity contribution in [2.24, 2.45) is 0 Å². The molecule has 5 aromatic rings. The molecule has 180 valence electrons. The summed E-state index contributed by atoms with van der Waals surface area (Å²) in [7, 11) is 0. The molecule has 2 aromatic heterocycles. The Hall–Kier alpha value is -4.26. The highest BCUT2D eigenvalue weighted by Crippen LogP contribution is 2.33. The Kier molecular flexibility index (Phi) is 5.92. The van der Waals surface area contributed by atoms with Crippen molar-refractivity contribution in [1.82, 2.24) is 19.7 Å². The van der Waals surface area contributed by atoms with Crippen LogP contribution in [0.2, 0.25) is 0 Å². The van der Waals surface area contributed by atoms with E-state index in [0.29, 0.717) is 17.0 Å². The van der Waals surface area contributed by atoms with Crippen molar-refractivity contribution >= 4 is 0 Å². The van der Waals surface area contributed by atoms with Gasteiger partial charge in [0, 0.05) is 16.7 Å². The Morgan fingerprint density at radius 1 is 0.583 bits per heavy atom. The van der Waals surface area contributed by atoms with E-state index in [-0.39, 0.29) is 11.6 Å². The summed E-state index contributed by atoms with van der Waals surface area (Å²) in [5, 5.41) is 4.68. The Balaban J connectivity index is 1.74. The molecule has 0 N–H and O–H groups in total. The molecular formula is C29H23F3N4. The van der Waals surface area contributed by atoms with E-state index in [9.17, 15) is 13.2 Å². The second kappa shape index (κ2) is 9.07. The second-order valence-electron chi connectivity index (χ2n) is 8.86. The molecule has 5 rings (SSSR count). The summed E-state index contributed by atoms with van der Waals surface area (Å²) in [4.78, 5) is 8.44. The molecule has 4 nitrogen and oxygen atoms in total. The lowest BCUT2D eigenvalue weighted by atomic mass is 10.1. The molecule has 7 heteroatoms. The van der Waals surface area contributed by atoms with Crippen molar-refractivity contribution in [1.29, 1.82) is 0 Å². The van der Waals surface area contributed by atoms with Gasteiger partial charge in [-0.1, -0.05) is 89.5 Å². The lowest BCUT2D eigenvalue weighted by Crippen LogP contribution is -2.14. The summed E-state index contributed by atoms with van der Waals surface area (Å²) in [5.41, 5.74) is 5.74. The zero-order valence-electron chi connectivity index (χ0n) is 20.0. The minimum absolute atomic E-state index is 0.144. The van der Waals surface area contributed by atoms with Crippen LogP contribution in [0.3, 0.4) is 0 Å². The van der Waals surface area contributed by atoms with E-state index in [1.807, 2.05) is 87.5 Å². The van der Waals surface area contributed by atoms with Gasteiger partial charge in [-0.3, -0.25) is 0 Å². The maximum atomic E-state index is 13.9. The normalized spacial score (nSPS) is 11.6. The standard InChI is InChI=1S/C29H23F3N4/c1-18-4-10-21(11-5-18)24-17-27(29(30,31)32)34-28(33-24)36-26(23-14-8-20(3)9-15-23)16-25(35-36)22-12-6-19(2)7-13-22/h4-17H,1-3H3. The van der Waals surface area contributed by atoms with Crippen molar-refractivity contribution in [3.8, 4) is 39.7 Å². The highest BCUT2D eigenvalue weighted by molar-refractivity contribution is 5.70. The van der Waals surface area contributed by atoms with Gasteiger partial charge < -0.3 is 0 Å². The summed E-state index contributed by atoms with van der Waals surface area (Å²) in [6.45, 7) is 5.88. The van der Waals surface area contributed by atoms with Crippen molar-refractivity contribution in [2.45, 2.75) is 26.9 Å². The Bertz CT molecular complexity index is 1520. The van der Waals surface area contributed by atoms with Gasteiger partial charge in [-0.05, 0) is 32.9 Å². The highest BCUT2D eigenvalue weighted by atomic mass is 19.4. The average molecular weight is 485 g/mol. The number of hydrogen-bond acceptors (Lipinski definition) is 3. The molecule has 0 aliphatic heterocycles. The molecule has 0 spiro atoms. The number of rotatable bonds is 4. The third kappa shape index (κ3) is 4.77. The van der Waals surface area contributed by atoms with Crippen molar-refractivity contribution in [3.63, 3.8) is 0 Å². The zero-order chi connectivity index (χ0) is 25.4. The van der Waals surface area contributed by atoms with E-state index in [2.05, 4.69) is 15.1 Å².